The second-order valence-corrected chi connectivity index (χ2v) is 17.3. The van der Waals surface area contributed by atoms with Crippen LogP contribution in [-0.2, 0) is 17.1 Å². The van der Waals surface area contributed by atoms with Gasteiger partial charge in [-0.2, -0.15) is 13.2 Å². The van der Waals surface area contributed by atoms with Gasteiger partial charge in [0, 0.05) is 12.7 Å². The molecule has 0 amide bonds. The summed E-state index contributed by atoms with van der Waals surface area (Å²) in [6, 6.07) is 0.626. The molecule has 140 valence electrons. The molecule has 0 atom stereocenters. The molecule has 4 nitrogen and oxygen atoms in total. The van der Waals surface area contributed by atoms with Gasteiger partial charge in [-0.25, -0.2) is 0 Å². The summed E-state index contributed by atoms with van der Waals surface area (Å²) in [5.74, 6) is 0. The van der Waals surface area contributed by atoms with Gasteiger partial charge in [0.25, 0.3) is 0 Å². The molecule has 0 unspecified atom stereocenters. The molecule has 0 aliphatic rings. The highest BCUT2D eigenvalue weighted by Gasteiger charge is 2.42. The molecule has 0 saturated heterocycles. The number of ether oxygens (including phenoxy) is 1. The molecule has 23 heavy (non-hydrogen) atoms. The van der Waals surface area contributed by atoms with Crippen LogP contribution in [0, 0.1) is 0 Å². The Morgan fingerprint density at radius 2 is 1.22 bits per heavy atom. The minimum atomic E-state index is -4.16. The Morgan fingerprint density at radius 1 is 0.783 bits per heavy atom. The Kier molecular flexibility index (Phi) is 11.4. The molecule has 0 radical (unpaired) electrons. The molecule has 11 heteroatoms. The van der Waals surface area contributed by atoms with Gasteiger partial charge in [-0.1, -0.05) is 0 Å². The number of halogens is 3. The van der Waals surface area contributed by atoms with Crippen LogP contribution >= 0.6 is 0 Å². The average Bonchev–Trinajstić information content (AvgIpc) is 2.29. The minimum absolute atomic E-state index is 0.278. The molecule has 0 rings (SSSR count). The van der Waals surface area contributed by atoms with Crippen molar-refractivity contribution < 1.29 is 30.3 Å². The van der Waals surface area contributed by atoms with Gasteiger partial charge in [-0.15, -0.1) is 0 Å². The average molecular weight is 409 g/mol. The van der Waals surface area contributed by atoms with Gasteiger partial charge >= 0.3 is 15.0 Å². The van der Waals surface area contributed by atoms with E-state index in [1.807, 2.05) is 0 Å². The number of rotatable bonds is 12. The van der Waals surface area contributed by atoms with E-state index in [1.54, 1.807) is 0 Å². The smallest absolute Gasteiger partial charge is 0.420 e. The maximum atomic E-state index is 12.1. The summed E-state index contributed by atoms with van der Waals surface area (Å²) in [7, 11) is -6.70. The van der Waals surface area contributed by atoms with E-state index in [1.165, 1.54) is 0 Å². The van der Waals surface area contributed by atoms with E-state index in [0.717, 1.165) is 0 Å². The van der Waals surface area contributed by atoms with E-state index in [4.69, 9.17) is 17.1 Å². The molecule has 0 aromatic rings. The summed E-state index contributed by atoms with van der Waals surface area (Å²) in [5, 5.41) is 0. The highest BCUT2D eigenvalue weighted by Crippen LogP contribution is 2.22. The molecule has 0 heterocycles. The normalized spacial score (nSPS) is 13.6. The van der Waals surface area contributed by atoms with Crippen molar-refractivity contribution >= 4 is 35.9 Å². The minimum Gasteiger partial charge on any atom is -0.420 e. The Balaban J connectivity index is 4.49. The fourth-order valence-electron chi connectivity index (χ4n) is 2.02. The predicted octanol–water partition coefficient (Wildman–Crippen LogP) is 3.28. The highest BCUT2D eigenvalue weighted by molar-refractivity contribution is 6.79. The summed E-state index contributed by atoms with van der Waals surface area (Å²) in [4.78, 5) is 0. The third kappa shape index (κ3) is 13.5. The van der Waals surface area contributed by atoms with E-state index in [2.05, 4.69) is 39.3 Å². The van der Waals surface area contributed by atoms with Gasteiger partial charge in [-0.05, 0) is 45.7 Å². The summed E-state index contributed by atoms with van der Waals surface area (Å²) >= 11 is 0. The monoisotopic (exact) mass is 408 g/mol. The number of hydrogen-bond acceptors (Lipinski definition) is 4. The quantitative estimate of drug-likeness (QED) is 0.367. The van der Waals surface area contributed by atoms with Crippen molar-refractivity contribution in [3.8, 4) is 0 Å². The largest absolute Gasteiger partial charge is 0.469 e. The zero-order valence-corrected chi connectivity index (χ0v) is 19.5. The lowest BCUT2D eigenvalue weighted by atomic mass is 10.4. The SMILES string of the molecule is C[SiH](C)O[Si](CCCOCCC(F)(F)F)(O[SiH](C)C)O[SiH](C)C. The number of hydrogen-bond donors (Lipinski definition) is 0. The van der Waals surface area contributed by atoms with E-state index in [9.17, 15) is 13.2 Å². The Labute approximate surface area is 144 Å². The van der Waals surface area contributed by atoms with Crippen LogP contribution in [-0.4, -0.2) is 55.3 Å². The van der Waals surface area contributed by atoms with Gasteiger partial charge in [0.1, 0.15) is 0 Å². The molecule has 0 N–H and O–H groups in total. The first kappa shape index (κ1) is 23.5. The second kappa shape index (κ2) is 11.2. The third-order valence-electron chi connectivity index (χ3n) is 2.55. The predicted molar refractivity (Wildman–Crippen MR) is 96.6 cm³/mol. The summed E-state index contributed by atoms with van der Waals surface area (Å²) < 4.78 is 59.8. The summed E-state index contributed by atoms with van der Waals surface area (Å²) in [6.45, 7) is 12.5. The first-order valence-electron chi connectivity index (χ1n) is 8.13. The van der Waals surface area contributed by atoms with Crippen LogP contribution in [0.15, 0.2) is 0 Å². The van der Waals surface area contributed by atoms with Crippen LogP contribution in [0.5, 0.6) is 0 Å². The van der Waals surface area contributed by atoms with Gasteiger partial charge in [0.2, 0.25) is 0 Å². The standard InChI is InChI=1S/C12H31F3O4Si4/c1-20(2)17-23(18-21(3)4,19-22(5)6)11-7-9-16-10-8-12(13,14)15/h20-22H,7-11H2,1-6H3. The van der Waals surface area contributed by atoms with Crippen molar-refractivity contribution in [1.82, 2.24) is 0 Å². The first-order valence-corrected chi connectivity index (χ1v) is 18.4. The number of alkyl halides is 3. The van der Waals surface area contributed by atoms with Crippen LogP contribution in [0.2, 0.25) is 45.3 Å². The van der Waals surface area contributed by atoms with Crippen molar-refractivity contribution in [2.75, 3.05) is 13.2 Å². The van der Waals surface area contributed by atoms with Crippen LogP contribution in [0.1, 0.15) is 12.8 Å². The topological polar surface area (TPSA) is 36.9 Å². The fourth-order valence-corrected chi connectivity index (χ4v) is 14.8. The van der Waals surface area contributed by atoms with Crippen LogP contribution in [0.4, 0.5) is 13.2 Å². The molecule has 0 aliphatic carbocycles. The van der Waals surface area contributed by atoms with Crippen molar-refractivity contribution in [1.29, 1.82) is 0 Å². The Morgan fingerprint density at radius 3 is 1.57 bits per heavy atom. The van der Waals surface area contributed by atoms with Crippen molar-refractivity contribution in [3.05, 3.63) is 0 Å². The molecule has 0 saturated carbocycles. The maximum Gasteiger partial charge on any atom is 0.469 e. The van der Waals surface area contributed by atoms with Crippen LogP contribution in [0.25, 0.3) is 0 Å². The molecule has 0 aromatic heterocycles. The van der Waals surface area contributed by atoms with E-state index >= 15 is 0 Å². The first-order chi connectivity index (χ1) is 10.5. The fraction of sp³-hybridized carbons (Fsp3) is 1.00. The molecule has 0 aromatic carbocycles. The van der Waals surface area contributed by atoms with Gasteiger partial charge in [0.05, 0.1) is 13.0 Å². The van der Waals surface area contributed by atoms with Gasteiger partial charge < -0.3 is 17.1 Å². The Hall–Kier alpha value is 0.498. The lowest BCUT2D eigenvalue weighted by molar-refractivity contribution is -0.145. The van der Waals surface area contributed by atoms with E-state index < -0.39 is 48.5 Å². The molecular formula is C12H31F3O4Si4. The molecular weight excluding hydrogens is 377 g/mol. The third-order valence-corrected chi connectivity index (χ3v) is 13.5. The molecule has 0 fully saturated rings. The van der Waals surface area contributed by atoms with Crippen LogP contribution in [0.3, 0.4) is 0 Å². The van der Waals surface area contributed by atoms with Gasteiger partial charge in [0.15, 0.2) is 27.1 Å². The van der Waals surface area contributed by atoms with E-state index in [0.29, 0.717) is 12.5 Å². The zero-order valence-electron chi connectivity index (χ0n) is 15.0. The zero-order chi connectivity index (χ0) is 18.1. The summed E-state index contributed by atoms with van der Waals surface area (Å²) in [6.07, 6.45) is -4.47. The van der Waals surface area contributed by atoms with Crippen molar-refractivity contribution in [2.24, 2.45) is 0 Å². The lowest BCUT2D eigenvalue weighted by Crippen LogP contribution is -2.53. The molecule has 0 bridgehead atoms. The van der Waals surface area contributed by atoms with Crippen LogP contribution < -0.4 is 0 Å². The molecule has 0 aliphatic heterocycles. The highest BCUT2D eigenvalue weighted by atomic mass is 28.5. The lowest BCUT2D eigenvalue weighted by Gasteiger charge is -2.35. The van der Waals surface area contributed by atoms with E-state index in [-0.39, 0.29) is 13.2 Å². The summed E-state index contributed by atoms with van der Waals surface area (Å²) in [5.41, 5.74) is 0. The second-order valence-electron chi connectivity index (χ2n) is 6.26. The molecule has 0 spiro atoms. The van der Waals surface area contributed by atoms with Crippen molar-refractivity contribution in [3.63, 3.8) is 0 Å². The van der Waals surface area contributed by atoms with Crippen molar-refractivity contribution in [2.45, 2.75) is 64.3 Å². The Bertz CT molecular complexity index is 291. The van der Waals surface area contributed by atoms with Gasteiger partial charge in [-0.3, -0.25) is 0 Å². The maximum absolute atomic E-state index is 12.1.